The van der Waals surface area contributed by atoms with Gasteiger partial charge in [0.25, 0.3) is 0 Å². The van der Waals surface area contributed by atoms with Crippen LogP contribution in [0.5, 0.6) is 0 Å². The van der Waals surface area contributed by atoms with Crippen LogP contribution in [0.15, 0.2) is 17.5 Å². The third kappa shape index (κ3) is 2.57. The Balaban J connectivity index is 2.61. The zero-order chi connectivity index (χ0) is 13.5. The Morgan fingerprint density at radius 2 is 1.94 bits per heavy atom. The Bertz CT molecular complexity index is 584. The lowest BCUT2D eigenvalue weighted by Gasteiger charge is -2.21. The van der Waals surface area contributed by atoms with Crippen LogP contribution in [-0.2, 0) is 5.41 Å². The van der Waals surface area contributed by atoms with E-state index in [1.54, 1.807) is 17.4 Å². The van der Waals surface area contributed by atoms with Gasteiger partial charge < -0.3 is 0 Å². The van der Waals surface area contributed by atoms with Crippen LogP contribution in [0, 0.1) is 12.7 Å². The van der Waals surface area contributed by atoms with Crippen LogP contribution >= 0.6 is 22.9 Å². The van der Waals surface area contributed by atoms with E-state index in [2.05, 4.69) is 4.98 Å². The van der Waals surface area contributed by atoms with Gasteiger partial charge in [0.15, 0.2) is 0 Å². The van der Waals surface area contributed by atoms with E-state index in [0.717, 1.165) is 16.3 Å². The second kappa shape index (κ2) is 4.63. The molecule has 0 saturated heterocycles. The van der Waals surface area contributed by atoms with E-state index in [0.29, 0.717) is 5.56 Å². The van der Waals surface area contributed by atoms with Gasteiger partial charge in [0, 0.05) is 10.9 Å². The third-order valence-electron chi connectivity index (χ3n) is 2.75. The van der Waals surface area contributed by atoms with Crippen LogP contribution in [0.1, 0.15) is 31.3 Å². The van der Waals surface area contributed by atoms with Crippen molar-refractivity contribution in [1.82, 2.24) is 4.98 Å². The zero-order valence-electron chi connectivity index (χ0n) is 10.8. The maximum Gasteiger partial charge on any atom is 0.145 e. The Kier molecular flexibility index (Phi) is 3.47. The molecule has 1 aromatic heterocycles. The van der Waals surface area contributed by atoms with Crippen LogP contribution in [0.2, 0.25) is 5.02 Å². The molecule has 0 amide bonds. The molecule has 0 saturated carbocycles. The minimum atomic E-state index is -0.333. The van der Waals surface area contributed by atoms with Gasteiger partial charge in [0.05, 0.1) is 15.7 Å². The van der Waals surface area contributed by atoms with E-state index >= 15 is 0 Å². The quantitative estimate of drug-likeness (QED) is 0.700. The number of benzene rings is 1. The zero-order valence-corrected chi connectivity index (χ0v) is 12.4. The average molecular weight is 284 g/mol. The summed E-state index contributed by atoms with van der Waals surface area (Å²) >= 11 is 7.56. The van der Waals surface area contributed by atoms with Crippen LogP contribution in [0.3, 0.4) is 0 Å². The molecule has 0 unspecified atom stereocenters. The molecule has 0 aliphatic rings. The predicted molar refractivity (Wildman–Crippen MR) is 76.0 cm³/mol. The summed E-state index contributed by atoms with van der Waals surface area (Å²) in [6.45, 7) is 7.86. The summed E-state index contributed by atoms with van der Waals surface area (Å²) in [5.74, 6) is -0.333. The largest absolute Gasteiger partial charge is 0.242 e. The third-order valence-corrected chi connectivity index (χ3v) is 3.80. The van der Waals surface area contributed by atoms with Gasteiger partial charge in [-0.15, -0.1) is 11.3 Å². The van der Waals surface area contributed by atoms with Crippen molar-refractivity contribution in [3.05, 3.63) is 38.9 Å². The molecule has 1 nitrogen and oxygen atoms in total. The average Bonchev–Trinajstić information content (AvgIpc) is 2.67. The highest BCUT2D eigenvalue weighted by atomic mass is 35.5. The van der Waals surface area contributed by atoms with Crippen molar-refractivity contribution in [2.45, 2.75) is 33.1 Å². The van der Waals surface area contributed by atoms with Crippen molar-refractivity contribution in [1.29, 1.82) is 0 Å². The minimum Gasteiger partial charge on any atom is -0.242 e. The molecule has 1 aromatic carbocycles. The number of thiazole rings is 1. The molecule has 0 aliphatic carbocycles. The fourth-order valence-corrected chi connectivity index (χ4v) is 2.62. The van der Waals surface area contributed by atoms with E-state index in [4.69, 9.17) is 11.6 Å². The van der Waals surface area contributed by atoms with E-state index in [9.17, 15) is 4.39 Å². The van der Waals surface area contributed by atoms with Crippen molar-refractivity contribution < 1.29 is 4.39 Å². The van der Waals surface area contributed by atoms with Crippen LogP contribution in [0.4, 0.5) is 4.39 Å². The van der Waals surface area contributed by atoms with Gasteiger partial charge in [-0.3, -0.25) is 0 Å². The van der Waals surface area contributed by atoms with E-state index in [-0.39, 0.29) is 16.3 Å². The lowest BCUT2D eigenvalue weighted by molar-refractivity contribution is 0.523. The van der Waals surface area contributed by atoms with Gasteiger partial charge in [0.2, 0.25) is 0 Å². The summed E-state index contributed by atoms with van der Waals surface area (Å²) in [4.78, 5) is 4.41. The summed E-state index contributed by atoms with van der Waals surface area (Å²) in [5.41, 5.74) is 2.06. The van der Waals surface area contributed by atoms with Gasteiger partial charge in [-0.1, -0.05) is 32.4 Å². The summed E-state index contributed by atoms with van der Waals surface area (Å²) in [6, 6.07) is 3.48. The van der Waals surface area contributed by atoms with E-state index < -0.39 is 0 Å². The second-order valence-corrected chi connectivity index (χ2v) is 6.79. The highest BCUT2D eigenvalue weighted by Crippen LogP contribution is 2.34. The molecule has 96 valence electrons. The number of rotatable bonds is 1. The molecule has 2 aromatic rings. The van der Waals surface area contributed by atoms with Crippen molar-refractivity contribution in [2.75, 3.05) is 0 Å². The molecule has 0 spiro atoms. The van der Waals surface area contributed by atoms with E-state index in [1.165, 1.54) is 0 Å². The fourth-order valence-electron chi connectivity index (χ4n) is 1.78. The number of aromatic nitrogens is 1. The minimum absolute atomic E-state index is 0.156. The summed E-state index contributed by atoms with van der Waals surface area (Å²) < 4.78 is 14.0. The fraction of sp³-hybridized carbons (Fsp3) is 0.357. The first-order valence-corrected chi connectivity index (χ1v) is 6.97. The first-order chi connectivity index (χ1) is 8.29. The first kappa shape index (κ1) is 13.5. The highest BCUT2D eigenvalue weighted by molar-refractivity contribution is 7.09. The van der Waals surface area contributed by atoms with Gasteiger partial charge in [0.1, 0.15) is 5.82 Å². The maximum absolute atomic E-state index is 14.0. The number of hydrogen-bond acceptors (Lipinski definition) is 2. The van der Waals surface area contributed by atoms with Gasteiger partial charge in [-0.2, -0.15) is 0 Å². The maximum atomic E-state index is 14.0. The Hall–Kier alpha value is -0.930. The molecule has 4 heteroatoms. The summed E-state index contributed by atoms with van der Waals surface area (Å²) in [5, 5.41) is 3.11. The molecule has 0 fully saturated rings. The Morgan fingerprint density at radius 3 is 2.44 bits per heavy atom. The normalized spacial score (nSPS) is 11.9. The molecule has 18 heavy (non-hydrogen) atoms. The molecule has 0 aliphatic heterocycles. The molecular formula is C14H15ClFNS. The summed E-state index contributed by atoms with van der Waals surface area (Å²) in [7, 11) is 0. The van der Waals surface area contributed by atoms with Crippen molar-refractivity contribution in [3.8, 4) is 11.3 Å². The molecule has 2 rings (SSSR count). The van der Waals surface area contributed by atoms with Gasteiger partial charge >= 0.3 is 0 Å². The van der Waals surface area contributed by atoms with Crippen LogP contribution < -0.4 is 0 Å². The lowest BCUT2D eigenvalue weighted by atomic mass is 9.85. The standard InChI is InChI=1S/C14H15ClFNS/c1-8-17-12(7-18-8)9-5-10(14(2,3)4)13(16)11(15)6-9/h5-7H,1-4H3. The number of hydrogen-bond donors (Lipinski definition) is 0. The van der Waals surface area contributed by atoms with Crippen molar-refractivity contribution in [2.24, 2.45) is 0 Å². The number of halogens is 2. The monoisotopic (exact) mass is 283 g/mol. The second-order valence-electron chi connectivity index (χ2n) is 5.32. The number of aryl methyl sites for hydroxylation is 1. The van der Waals surface area contributed by atoms with Crippen LogP contribution in [-0.4, -0.2) is 4.98 Å². The topological polar surface area (TPSA) is 12.9 Å². The molecule has 0 bridgehead atoms. The SMILES string of the molecule is Cc1nc(-c2cc(Cl)c(F)c(C(C)(C)C)c2)cs1. The first-order valence-electron chi connectivity index (χ1n) is 5.71. The van der Waals surface area contributed by atoms with E-state index in [1.807, 2.05) is 39.1 Å². The molecule has 1 heterocycles. The molecular weight excluding hydrogens is 269 g/mol. The van der Waals surface area contributed by atoms with Gasteiger partial charge in [-0.25, -0.2) is 9.37 Å². The molecule has 0 N–H and O–H groups in total. The van der Waals surface area contributed by atoms with Gasteiger partial charge in [-0.05, 0) is 30.0 Å². The summed E-state index contributed by atoms with van der Waals surface area (Å²) in [6.07, 6.45) is 0. The molecule has 0 radical (unpaired) electrons. The number of nitrogens with zero attached hydrogens (tertiary/aromatic N) is 1. The molecule has 0 atom stereocenters. The lowest BCUT2D eigenvalue weighted by Crippen LogP contribution is -2.14. The highest BCUT2D eigenvalue weighted by Gasteiger charge is 2.22. The predicted octanol–water partition coefficient (Wildman–Crippen LogP) is 5.21. The smallest absolute Gasteiger partial charge is 0.145 e. The van der Waals surface area contributed by atoms with Crippen molar-refractivity contribution >= 4 is 22.9 Å². The Morgan fingerprint density at radius 1 is 1.28 bits per heavy atom. The van der Waals surface area contributed by atoms with Crippen LogP contribution in [0.25, 0.3) is 11.3 Å². The Labute approximate surface area is 116 Å². The van der Waals surface area contributed by atoms with Crippen molar-refractivity contribution in [3.63, 3.8) is 0 Å².